The first-order valence-electron chi connectivity index (χ1n) is 8.16. The van der Waals surface area contributed by atoms with Gasteiger partial charge in [-0.15, -0.1) is 0 Å². The lowest BCUT2D eigenvalue weighted by Gasteiger charge is -2.19. The van der Waals surface area contributed by atoms with Gasteiger partial charge in [-0.3, -0.25) is 9.48 Å². The van der Waals surface area contributed by atoms with Crippen LogP contribution in [0, 0.1) is 0 Å². The smallest absolute Gasteiger partial charge is 0.254 e. The van der Waals surface area contributed by atoms with Crippen LogP contribution in [0.15, 0.2) is 48.8 Å². The molecule has 5 heteroatoms. The quantitative estimate of drug-likeness (QED) is 0.788. The molecule has 1 aromatic heterocycles. The lowest BCUT2D eigenvalue weighted by atomic mass is 9.98. The standard InChI is InChI=1S/C19H19N3O2/c1-22-12-14(11-20-22)19(23)21-17-7-4-10-24-18-15-6-3-2-5-13(15)8-9-16(17)18/h2-3,5-6,8-9,11-12,17H,4,7,10H2,1H3,(H,21,23). The van der Waals surface area contributed by atoms with E-state index in [1.165, 1.54) is 0 Å². The van der Waals surface area contributed by atoms with Gasteiger partial charge in [0.15, 0.2) is 0 Å². The molecule has 0 spiro atoms. The molecule has 2 aromatic carbocycles. The van der Waals surface area contributed by atoms with Crippen molar-refractivity contribution in [1.82, 2.24) is 15.1 Å². The Morgan fingerprint density at radius 1 is 1.29 bits per heavy atom. The fourth-order valence-corrected chi connectivity index (χ4v) is 3.24. The zero-order chi connectivity index (χ0) is 16.5. The molecule has 2 heterocycles. The van der Waals surface area contributed by atoms with Crippen molar-refractivity contribution in [2.24, 2.45) is 7.05 Å². The molecule has 4 rings (SSSR count). The van der Waals surface area contributed by atoms with E-state index in [-0.39, 0.29) is 11.9 Å². The number of carbonyl (C=O) groups is 1. The maximum atomic E-state index is 12.5. The number of rotatable bonds is 2. The normalized spacial score (nSPS) is 17.0. The second-order valence-electron chi connectivity index (χ2n) is 6.12. The summed E-state index contributed by atoms with van der Waals surface area (Å²) < 4.78 is 7.65. The molecule has 1 unspecified atom stereocenters. The summed E-state index contributed by atoms with van der Waals surface area (Å²) in [6.45, 7) is 0.667. The number of hydrogen-bond donors (Lipinski definition) is 1. The molecule has 0 radical (unpaired) electrons. The predicted molar refractivity (Wildman–Crippen MR) is 92.1 cm³/mol. The summed E-state index contributed by atoms with van der Waals surface area (Å²) in [5.41, 5.74) is 1.62. The molecule has 1 aliphatic rings. The molecule has 0 saturated heterocycles. The van der Waals surface area contributed by atoms with Crippen LogP contribution in [0.2, 0.25) is 0 Å². The number of amides is 1. The number of ether oxygens (including phenoxy) is 1. The fraction of sp³-hybridized carbons (Fsp3) is 0.263. The number of aryl methyl sites for hydroxylation is 1. The van der Waals surface area contributed by atoms with Gasteiger partial charge in [-0.05, 0) is 18.2 Å². The van der Waals surface area contributed by atoms with Crippen LogP contribution < -0.4 is 10.1 Å². The molecular formula is C19H19N3O2. The van der Waals surface area contributed by atoms with Crippen LogP contribution in [0.3, 0.4) is 0 Å². The number of nitrogens with zero attached hydrogens (tertiary/aromatic N) is 2. The van der Waals surface area contributed by atoms with Gasteiger partial charge in [-0.1, -0.05) is 36.4 Å². The Kier molecular flexibility index (Phi) is 3.69. The molecule has 3 aromatic rings. The SMILES string of the molecule is Cn1cc(C(=O)NC2CCCOc3c2ccc2ccccc32)cn1. The van der Waals surface area contributed by atoms with Crippen LogP contribution in [0.1, 0.15) is 34.8 Å². The summed E-state index contributed by atoms with van der Waals surface area (Å²) in [6.07, 6.45) is 5.08. The maximum Gasteiger partial charge on any atom is 0.254 e. The minimum Gasteiger partial charge on any atom is -0.493 e. The molecule has 1 amide bonds. The first kappa shape index (κ1) is 14.8. The summed E-state index contributed by atoms with van der Waals surface area (Å²) >= 11 is 0. The predicted octanol–water partition coefficient (Wildman–Crippen LogP) is 3.22. The third-order valence-electron chi connectivity index (χ3n) is 4.44. The Balaban J connectivity index is 1.70. The molecule has 0 aliphatic carbocycles. The van der Waals surface area contributed by atoms with E-state index >= 15 is 0 Å². The van der Waals surface area contributed by atoms with Crippen molar-refractivity contribution in [2.75, 3.05) is 6.61 Å². The lowest BCUT2D eigenvalue weighted by Crippen LogP contribution is -2.28. The molecule has 1 aliphatic heterocycles. The summed E-state index contributed by atoms with van der Waals surface area (Å²) in [6, 6.07) is 12.3. The van der Waals surface area contributed by atoms with E-state index in [9.17, 15) is 4.79 Å². The zero-order valence-electron chi connectivity index (χ0n) is 13.5. The van der Waals surface area contributed by atoms with E-state index < -0.39 is 0 Å². The van der Waals surface area contributed by atoms with Gasteiger partial charge in [0.25, 0.3) is 5.91 Å². The zero-order valence-corrected chi connectivity index (χ0v) is 13.5. The number of aromatic nitrogens is 2. The molecule has 1 atom stereocenters. The van der Waals surface area contributed by atoms with Crippen molar-refractivity contribution >= 4 is 16.7 Å². The van der Waals surface area contributed by atoms with Crippen LogP contribution >= 0.6 is 0 Å². The largest absolute Gasteiger partial charge is 0.493 e. The van der Waals surface area contributed by atoms with Crippen LogP contribution in [-0.4, -0.2) is 22.3 Å². The van der Waals surface area contributed by atoms with E-state index in [2.05, 4.69) is 34.7 Å². The summed E-state index contributed by atoms with van der Waals surface area (Å²) in [7, 11) is 1.80. The fourth-order valence-electron chi connectivity index (χ4n) is 3.24. The van der Waals surface area contributed by atoms with Crippen LogP contribution in [-0.2, 0) is 7.05 Å². The number of benzene rings is 2. The van der Waals surface area contributed by atoms with Gasteiger partial charge in [0.2, 0.25) is 0 Å². The van der Waals surface area contributed by atoms with Gasteiger partial charge in [0, 0.05) is 24.2 Å². The molecule has 0 bridgehead atoms. The Morgan fingerprint density at radius 2 is 2.17 bits per heavy atom. The first-order valence-corrected chi connectivity index (χ1v) is 8.16. The monoisotopic (exact) mass is 321 g/mol. The molecule has 0 fully saturated rings. The van der Waals surface area contributed by atoms with Crippen molar-refractivity contribution in [3.63, 3.8) is 0 Å². The van der Waals surface area contributed by atoms with Gasteiger partial charge in [0.05, 0.1) is 24.4 Å². The second-order valence-corrected chi connectivity index (χ2v) is 6.12. The van der Waals surface area contributed by atoms with Gasteiger partial charge >= 0.3 is 0 Å². The van der Waals surface area contributed by atoms with E-state index in [0.29, 0.717) is 12.2 Å². The van der Waals surface area contributed by atoms with Crippen LogP contribution in [0.4, 0.5) is 0 Å². The topological polar surface area (TPSA) is 56.2 Å². The molecule has 5 nitrogen and oxygen atoms in total. The summed E-state index contributed by atoms with van der Waals surface area (Å²) in [4.78, 5) is 12.5. The van der Waals surface area contributed by atoms with Gasteiger partial charge < -0.3 is 10.1 Å². The average molecular weight is 321 g/mol. The van der Waals surface area contributed by atoms with Crippen molar-refractivity contribution in [1.29, 1.82) is 0 Å². The van der Waals surface area contributed by atoms with Crippen molar-refractivity contribution in [3.8, 4) is 5.75 Å². The summed E-state index contributed by atoms with van der Waals surface area (Å²) in [5, 5.41) is 9.45. The molecular weight excluding hydrogens is 302 g/mol. The Labute approximate surface area is 140 Å². The Morgan fingerprint density at radius 3 is 3.00 bits per heavy atom. The molecule has 1 N–H and O–H groups in total. The van der Waals surface area contributed by atoms with Crippen molar-refractivity contribution < 1.29 is 9.53 Å². The highest BCUT2D eigenvalue weighted by molar-refractivity contribution is 5.94. The number of fused-ring (bicyclic) bond motifs is 3. The molecule has 122 valence electrons. The van der Waals surface area contributed by atoms with Gasteiger partial charge in [-0.25, -0.2) is 0 Å². The summed E-state index contributed by atoms with van der Waals surface area (Å²) in [5.74, 6) is 0.788. The van der Waals surface area contributed by atoms with E-state index in [0.717, 1.165) is 34.9 Å². The van der Waals surface area contributed by atoms with E-state index in [4.69, 9.17) is 4.74 Å². The average Bonchev–Trinajstić information content (AvgIpc) is 2.93. The number of hydrogen-bond acceptors (Lipinski definition) is 3. The van der Waals surface area contributed by atoms with E-state index in [1.807, 2.05) is 12.1 Å². The number of carbonyl (C=O) groups excluding carboxylic acids is 1. The maximum absolute atomic E-state index is 12.5. The minimum atomic E-state index is -0.103. The van der Waals surface area contributed by atoms with Crippen molar-refractivity contribution in [2.45, 2.75) is 18.9 Å². The second kappa shape index (κ2) is 6.00. The number of nitrogens with one attached hydrogen (secondary N) is 1. The lowest BCUT2D eigenvalue weighted by molar-refractivity contribution is 0.0934. The Hall–Kier alpha value is -2.82. The van der Waals surface area contributed by atoms with E-state index in [1.54, 1.807) is 24.1 Å². The molecule has 0 saturated carbocycles. The third-order valence-corrected chi connectivity index (χ3v) is 4.44. The van der Waals surface area contributed by atoms with Crippen molar-refractivity contribution in [3.05, 3.63) is 59.9 Å². The van der Waals surface area contributed by atoms with Crippen LogP contribution in [0.25, 0.3) is 10.8 Å². The molecule has 24 heavy (non-hydrogen) atoms. The highest BCUT2D eigenvalue weighted by atomic mass is 16.5. The van der Waals surface area contributed by atoms with Gasteiger partial charge in [0.1, 0.15) is 5.75 Å². The van der Waals surface area contributed by atoms with Gasteiger partial charge in [-0.2, -0.15) is 5.10 Å². The minimum absolute atomic E-state index is 0.0557. The first-order chi connectivity index (χ1) is 11.7. The van der Waals surface area contributed by atoms with Crippen LogP contribution in [0.5, 0.6) is 5.75 Å². The third kappa shape index (κ3) is 2.62. The highest BCUT2D eigenvalue weighted by Gasteiger charge is 2.23. The Bertz CT molecular complexity index is 901. The highest BCUT2D eigenvalue weighted by Crippen LogP contribution is 2.37.